The summed E-state index contributed by atoms with van der Waals surface area (Å²) < 4.78 is 32.7. The van der Waals surface area contributed by atoms with Gasteiger partial charge in [0, 0.05) is 6.04 Å². The Morgan fingerprint density at radius 1 is 1.13 bits per heavy atom. The molecule has 1 saturated heterocycles. The van der Waals surface area contributed by atoms with Crippen LogP contribution in [0.4, 0.5) is 5.69 Å². The zero-order valence-electron chi connectivity index (χ0n) is 17.7. The third-order valence-corrected chi connectivity index (χ3v) is 7.44. The molecule has 0 N–H and O–H groups in total. The maximum Gasteiger partial charge on any atom is 0.337 e. The number of sulfonamides is 1. The minimum Gasteiger partial charge on any atom is -0.465 e. The van der Waals surface area contributed by atoms with Gasteiger partial charge in [-0.3, -0.25) is 4.31 Å². The van der Waals surface area contributed by atoms with Gasteiger partial charge in [0.15, 0.2) is 0 Å². The van der Waals surface area contributed by atoms with Gasteiger partial charge in [-0.1, -0.05) is 30.3 Å². The normalized spacial score (nSPS) is 17.1. The maximum atomic E-state index is 13.2. The van der Waals surface area contributed by atoms with Crippen molar-refractivity contribution < 1.29 is 17.9 Å². The fraction of sp³-hybridized carbons (Fsp3) is 0.435. The number of likely N-dealkylation sites (tertiary alicyclic amines) is 1. The first kappa shape index (κ1) is 22.3. The van der Waals surface area contributed by atoms with Crippen LogP contribution in [0.3, 0.4) is 0 Å². The molecule has 0 aliphatic carbocycles. The van der Waals surface area contributed by atoms with E-state index in [0.717, 1.165) is 18.7 Å². The number of anilines is 1. The van der Waals surface area contributed by atoms with E-state index in [1.54, 1.807) is 24.3 Å². The Morgan fingerprint density at radius 2 is 1.83 bits per heavy atom. The summed E-state index contributed by atoms with van der Waals surface area (Å²) in [6.07, 6.45) is 2.98. The molecule has 1 atom stereocenters. The zero-order valence-corrected chi connectivity index (χ0v) is 18.5. The molecule has 2 aromatic carbocycles. The summed E-state index contributed by atoms with van der Waals surface area (Å²) in [6.45, 7) is 4.27. The summed E-state index contributed by atoms with van der Waals surface area (Å²) in [5.74, 6) is -0.309. The molecule has 0 saturated carbocycles. The van der Waals surface area contributed by atoms with Crippen molar-refractivity contribution in [2.45, 2.75) is 38.8 Å². The van der Waals surface area contributed by atoms with Crippen LogP contribution >= 0.6 is 0 Å². The highest BCUT2D eigenvalue weighted by Crippen LogP contribution is 2.23. The first-order valence-corrected chi connectivity index (χ1v) is 12.0. The highest BCUT2D eigenvalue weighted by Gasteiger charge is 2.25. The number of ether oxygens (including phenoxy) is 1. The third-order valence-electron chi connectivity index (χ3n) is 5.62. The fourth-order valence-corrected chi connectivity index (χ4v) is 5.36. The average Bonchev–Trinajstić information content (AvgIpc) is 3.17. The molecule has 0 aromatic heterocycles. The molecule has 0 amide bonds. The molecule has 0 spiro atoms. The van der Waals surface area contributed by atoms with Gasteiger partial charge in [0.1, 0.15) is 0 Å². The van der Waals surface area contributed by atoms with Gasteiger partial charge in [-0.05, 0) is 69.1 Å². The molecule has 1 heterocycles. The Labute approximate surface area is 179 Å². The van der Waals surface area contributed by atoms with Gasteiger partial charge >= 0.3 is 5.97 Å². The van der Waals surface area contributed by atoms with E-state index in [1.807, 2.05) is 30.3 Å². The van der Waals surface area contributed by atoms with Crippen LogP contribution in [-0.4, -0.2) is 51.3 Å². The SMILES string of the molecule is COC(=O)c1ccc(CN(c2ccccc2)S(=O)(=O)CCCN2CCC[C@@H]2C)cc1. The summed E-state index contributed by atoms with van der Waals surface area (Å²) in [5.41, 5.74) is 1.89. The van der Waals surface area contributed by atoms with Gasteiger partial charge in [0.25, 0.3) is 0 Å². The zero-order chi connectivity index (χ0) is 21.6. The summed E-state index contributed by atoms with van der Waals surface area (Å²) in [6, 6.07) is 16.5. The van der Waals surface area contributed by atoms with Crippen molar-refractivity contribution >= 4 is 21.7 Å². The molecule has 0 unspecified atom stereocenters. The second-order valence-corrected chi connectivity index (χ2v) is 9.74. The van der Waals surface area contributed by atoms with Gasteiger partial charge in [0.05, 0.1) is 30.7 Å². The molecular formula is C23H30N2O4S. The molecule has 162 valence electrons. The lowest BCUT2D eigenvalue weighted by Crippen LogP contribution is -2.35. The Bertz CT molecular complexity index is 929. The quantitative estimate of drug-likeness (QED) is 0.568. The standard InChI is InChI=1S/C23H30N2O4S/c1-19-8-6-15-24(19)16-7-17-30(27,28)25(22-9-4-3-5-10-22)18-20-11-13-21(14-12-20)23(26)29-2/h3-5,9-14,19H,6-8,15-18H2,1-2H3/t19-/m0/s1. The molecule has 7 heteroatoms. The highest BCUT2D eigenvalue weighted by molar-refractivity contribution is 7.92. The largest absolute Gasteiger partial charge is 0.465 e. The Morgan fingerprint density at radius 3 is 2.43 bits per heavy atom. The molecule has 0 bridgehead atoms. The predicted molar refractivity (Wildman–Crippen MR) is 119 cm³/mol. The molecule has 1 fully saturated rings. The van der Waals surface area contributed by atoms with E-state index in [0.29, 0.717) is 23.7 Å². The van der Waals surface area contributed by atoms with E-state index in [4.69, 9.17) is 4.74 Å². The molecule has 1 aliphatic rings. The minimum atomic E-state index is -3.50. The van der Waals surface area contributed by atoms with Crippen LogP contribution < -0.4 is 4.31 Å². The van der Waals surface area contributed by atoms with Crippen LogP contribution in [0.2, 0.25) is 0 Å². The first-order chi connectivity index (χ1) is 14.4. The molecule has 0 radical (unpaired) electrons. The van der Waals surface area contributed by atoms with E-state index in [-0.39, 0.29) is 12.3 Å². The van der Waals surface area contributed by atoms with E-state index in [9.17, 15) is 13.2 Å². The average molecular weight is 431 g/mol. The lowest BCUT2D eigenvalue weighted by molar-refractivity contribution is 0.0600. The monoisotopic (exact) mass is 430 g/mol. The summed E-state index contributed by atoms with van der Waals surface area (Å²) >= 11 is 0. The predicted octanol–water partition coefficient (Wildman–Crippen LogP) is 3.68. The number of rotatable bonds is 9. The number of carbonyl (C=O) groups is 1. The van der Waals surface area contributed by atoms with Gasteiger partial charge < -0.3 is 9.64 Å². The van der Waals surface area contributed by atoms with E-state index >= 15 is 0 Å². The van der Waals surface area contributed by atoms with Crippen molar-refractivity contribution in [2.75, 3.05) is 30.3 Å². The van der Waals surface area contributed by atoms with E-state index in [2.05, 4.69) is 11.8 Å². The molecule has 6 nitrogen and oxygen atoms in total. The van der Waals surface area contributed by atoms with Crippen LogP contribution in [0, 0.1) is 0 Å². The molecule has 30 heavy (non-hydrogen) atoms. The smallest absolute Gasteiger partial charge is 0.337 e. The highest BCUT2D eigenvalue weighted by atomic mass is 32.2. The number of hydrogen-bond donors (Lipinski definition) is 0. The Kier molecular flexibility index (Phi) is 7.50. The summed E-state index contributed by atoms with van der Waals surface area (Å²) in [4.78, 5) is 14.0. The van der Waals surface area contributed by atoms with Crippen LogP contribution in [0.25, 0.3) is 0 Å². The van der Waals surface area contributed by atoms with Crippen molar-refractivity contribution in [1.29, 1.82) is 0 Å². The van der Waals surface area contributed by atoms with Crippen molar-refractivity contribution in [3.05, 3.63) is 65.7 Å². The van der Waals surface area contributed by atoms with E-state index in [1.165, 1.54) is 24.3 Å². The van der Waals surface area contributed by atoms with Crippen molar-refractivity contribution in [3.63, 3.8) is 0 Å². The molecule has 3 rings (SSSR count). The minimum absolute atomic E-state index is 0.103. The van der Waals surface area contributed by atoms with Gasteiger partial charge in [-0.2, -0.15) is 0 Å². The van der Waals surface area contributed by atoms with Crippen LogP contribution in [0.15, 0.2) is 54.6 Å². The number of nitrogens with zero attached hydrogens (tertiary/aromatic N) is 2. The molecule has 2 aromatic rings. The van der Waals surface area contributed by atoms with Gasteiger partial charge in [-0.15, -0.1) is 0 Å². The number of methoxy groups -OCH3 is 1. The van der Waals surface area contributed by atoms with Crippen LogP contribution in [0.1, 0.15) is 42.1 Å². The third kappa shape index (κ3) is 5.61. The lowest BCUT2D eigenvalue weighted by Gasteiger charge is -2.26. The Hall–Kier alpha value is -2.38. The van der Waals surface area contributed by atoms with E-state index < -0.39 is 16.0 Å². The summed E-state index contributed by atoms with van der Waals surface area (Å²) in [5, 5.41) is 0. The van der Waals surface area contributed by atoms with Crippen molar-refractivity contribution in [3.8, 4) is 0 Å². The Balaban J connectivity index is 1.74. The second kappa shape index (κ2) is 10.1. The topological polar surface area (TPSA) is 66.9 Å². The number of esters is 1. The lowest BCUT2D eigenvalue weighted by atomic mass is 10.1. The first-order valence-electron chi connectivity index (χ1n) is 10.4. The number of para-hydroxylation sites is 1. The van der Waals surface area contributed by atoms with Crippen molar-refractivity contribution in [2.24, 2.45) is 0 Å². The van der Waals surface area contributed by atoms with Gasteiger partial charge in [-0.25, -0.2) is 13.2 Å². The summed E-state index contributed by atoms with van der Waals surface area (Å²) in [7, 11) is -2.16. The van der Waals surface area contributed by atoms with Crippen LogP contribution in [0.5, 0.6) is 0 Å². The maximum absolute atomic E-state index is 13.2. The number of carbonyl (C=O) groups excluding carboxylic acids is 1. The number of hydrogen-bond acceptors (Lipinski definition) is 5. The fourth-order valence-electron chi connectivity index (χ4n) is 3.86. The van der Waals surface area contributed by atoms with Crippen molar-refractivity contribution in [1.82, 2.24) is 4.90 Å². The van der Waals surface area contributed by atoms with Crippen LogP contribution in [-0.2, 0) is 21.3 Å². The number of benzene rings is 2. The van der Waals surface area contributed by atoms with Gasteiger partial charge in [0.2, 0.25) is 10.0 Å². The molecular weight excluding hydrogens is 400 g/mol. The second-order valence-electron chi connectivity index (χ2n) is 7.73. The molecule has 1 aliphatic heterocycles.